The number of nitrogens with zero attached hydrogens (tertiary/aromatic N) is 1. The van der Waals surface area contributed by atoms with Gasteiger partial charge in [-0.2, -0.15) is 0 Å². The van der Waals surface area contributed by atoms with Crippen LogP contribution in [0.5, 0.6) is 0 Å². The molecule has 1 aromatic rings. The van der Waals surface area contributed by atoms with Gasteiger partial charge in [0.2, 0.25) is 5.91 Å². The Labute approximate surface area is 104 Å². The molecule has 2 aliphatic heterocycles. The minimum absolute atomic E-state index is 0.00494. The van der Waals surface area contributed by atoms with E-state index in [1.807, 2.05) is 0 Å². The molecule has 7 heteroatoms. The van der Waals surface area contributed by atoms with Crippen LogP contribution in [0.3, 0.4) is 0 Å². The first-order valence-electron chi connectivity index (χ1n) is 5.48. The molecule has 0 bridgehead atoms. The van der Waals surface area contributed by atoms with Gasteiger partial charge in [0.25, 0.3) is 0 Å². The number of fused-ring (bicyclic) bond motifs is 3. The Kier molecular flexibility index (Phi) is 2.58. The molecule has 3 rings (SSSR count). The average molecular weight is 272 g/mol. The molecule has 96 valence electrons. The standard InChI is InChI=1S/C11H10F2N2O2S/c12-6-3-7(13)10-8(4-6)15-1-2-18(17)5-9(15)11(16)14-10/h3-4,9H,1-2,5H2,(H,14,16). The van der Waals surface area contributed by atoms with E-state index in [0.29, 0.717) is 18.0 Å². The first-order valence-corrected chi connectivity index (χ1v) is 6.96. The molecule has 2 atom stereocenters. The van der Waals surface area contributed by atoms with Gasteiger partial charge >= 0.3 is 0 Å². The van der Waals surface area contributed by atoms with E-state index >= 15 is 0 Å². The Hall–Kier alpha value is -1.50. The Balaban J connectivity index is 2.11. The number of carbonyl (C=O) groups excluding carboxylic acids is 1. The molecular formula is C11H10F2N2O2S. The summed E-state index contributed by atoms with van der Waals surface area (Å²) in [5, 5.41) is 2.42. The molecule has 18 heavy (non-hydrogen) atoms. The number of hydrogen-bond donors (Lipinski definition) is 1. The van der Waals surface area contributed by atoms with E-state index in [-0.39, 0.29) is 17.3 Å². The van der Waals surface area contributed by atoms with E-state index in [1.165, 1.54) is 6.07 Å². The molecule has 2 unspecified atom stereocenters. The third-order valence-electron chi connectivity index (χ3n) is 3.17. The number of anilines is 2. The zero-order valence-electron chi connectivity index (χ0n) is 9.28. The molecule has 0 aliphatic carbocycles. The molecular weight excluding hydrogens is 262 g/mol. The van der Waals surface area contributed by atoms with E-state index in [4.69, 9.17) is 0 Å². The van der Waals surface area contributed by atoms with Crippen molar-refractivity contribution >= 4 is 28.1 Å². The lowest BCUT2D eigenvalue weighted by Crippen LogP contribution is -2.55. The fourth-order valence-electron chi connectivity index (χ4n) is 2.33. The first-order chi connectivity index (χ1) is 8.56. The van der Waals surface area contributed by atoms with Crippen molar-refractivity contribution in [2.24, 2.45) is 0 Å². The third kappa shape index (κ3) is 1.69. The van der Waals surface area contributed by atoms with Crippen LogP contribution in [0.2, 0.25) is 0 Å². The number of amides is 1. The molecule has 2 heterocycles. The number of benzene rings is 1. The summed E-state index contributed by atoms with van der Waals surface area (Å²) in [6.45, 7) is 0.362. The molecule has 1 amide bonds. The molecule has 0 spiro atoms. The summed E-state index contributed by atoms with van der Waals surface area (Å²) in [5.74, 6) is -1.26. The zero-order chi connectivity index (χ0) is 12.9. The predicted octanol–water partition coefficient (Wildman–Crippen LogP) is 0.854. The Bertz CT molecular complexity index is 564. The van der Waals surface area contributed by atoms with Crippen LogP contribution in [-0.2, 0) is 15.6 Å². The number of hydrogen-bond acceptors (Lipinski definition) is 3. The van der Waals surface area contributed by atoms with Gasteiger partial charge in [-0.3, -0.25) is 9.00 Å². The summed E-state index contributed by atoms with van der Waals surface area (Å²) < 4.78 is 38.3. The third-order valence-corrected chi connectivity index (χ3v) is 4.50. The first kappa shape index (κ1) is 11.6. The normalized spacial score (nSPS) is 26.3. The van der Waals surface area contributed by atoms with Crippen molar-refractivity contribution in [3.63, 3.8) is 0 Å². The highest BCUT2D eigenvalue weighted by molar-refractivity contribution is 7.85. The lowest BCUT2D eigenvalue weighted by atomic mass is 10.1. The van der Waals surface area contributed by atoms with E-state index in [9.17, 15) is 17.8 Å². The van der Waals surface area contributed by atoms with Crippen LogP contribution in [0.25, 0.3) is 0 Å². The maximum atomic E-state index is 13.6. The van der Waals surface area contributed by atoms with Crippen LogP contribution in [-0.4, -0.2) is 34.2 Å². The fraction of sp³-hybridized carbons (Fsp3) is 0.364. The van der Waals surface area contributed by atoms with Crippen molar-refractivity contribution in [1.82, 2.24) is 0 Å². The maximum Gasteiger partial charge on any atom is 0.248 e. The number of carbonyl (C=O) groups is 1. The summed E-state index contributed by atoms with van der Waals surface area (Å²) in [7, 11) is -1.06. The van der Waals surface area contributed by atoms with Gasteiger partial charge in [0.1, 0.15) is 17.5 Å². The summed E-state index contributed by atoms with van der Waals surface area (Å²) in [5.41, 5.74) is 0.333. The van der Waals surface area contributed by atoms with E-state index in [1.54, 1.807) is 4.90 Å². The Morgan fingerprint density at radius 3 is 2.94 bits per heavy atom. The SMILES string of the molecule is O=C1Nc2c(F)cc(F)cc2N2CCS(=O)CC12. The molecule has 1 aromatic carbocycles. The minimum atomic E-state index is -1.06. The fourth-order valence-corrected chi connectivity index (χ4v) is 3.58. The molecule has 1 N–H and O–H groups in total. The second-order valence-electron chi connectivity index (χ2n) is 4.29. The van der Waals surface area contributed by atoms with Crippen molar-refractivity contribution in [2.75, 3.05) is 28.3 Å². The van der Waals surface area contributed by atoms with Gasteiger partial charge in [-0.05, 0) is 6.07 Å². The van der Waals surface area contributed by atoms with Crippen LogP contribution in [0.1, 0.15) is 0 Å². The highest BCUT2D eigenvalue weighted by Crippen LogP contribution is 2.36. The molecule has 1 fully saturated rings. The van der Waals surface area contributed by atoms with Crippen LogP contribution >= 0.6 is 0 Å². The number of rotatable bonds is 0. The number of halogens is 2. The van der Waals surface area contributed by atoms with Crippen molar-refractivity contribution in [3.05, 3.63) is 23.8 Å². The Morgan fingerprint density at radius 2 is 2.17 bits per heavy atom. The van der Waals surface area contributed by atoms with Crippen LogP contribution in [0.15, 0.2) is 12.1 Å². The second-order valence-corrected chi connectivity index (χ2v) is 5.91. The van der Waals surface area contributed by atoms with Gasteiger partial charge in [-0.1, -0.05) is 0 Å². The molecule has 2 aliphatic rings. The summed E-state index contributed by atoms with van der Waals surface area (Å²) in [6, 6.07) is 1.33. The van der Waals surface area contributed by atoms with E-state index in [0.717, 1.165) is 6.07 Å². The van der Waals surface area contributed by atoms with Crippen LogP contribution in [0, 0.1) is 11.6 Å². The van der Waals surface area contributed by atoms with Crippen LogP contribution in [0.4, 0.5) is 20.2 Å². The highest BCUT2D eigenvalue weighted by atomic mass is 32.2. The van der Waals surface area contributed by atoms with Gasteiger partial charge in [-0.25, -0.2) is 8.78 Å². The number of nitrogens with one attached hydrogen (secondary N) is 1. The minimum Gasteiger partial charge on any atom is -0.356 e. The topological polar surface area (TPSA) is 49.4 Å². The molecule has 4 nitrogen and oxygen atoms in total. The Morgan fingerprint density at radius 1 is 1.39 bits per heavy atom. The molecule has 1 saturated heterocycles. The maximum absolute atomic E-state index is 13.6. The van der Waals surface area contributed by atoms with Gasteiger partial charge in [-0.15, -0.1) is 0 Å². The molecule has 0 radical (unpaired) electrons. The molecule has 0 saturated carbocycles. The van der Waals surface area contributed by atoms with E-state index < -0.39 is 28.5 Å². The van der Waals surface area contributed by atoms with E-state index in [2.05, 4.69) is 5.32 Å². The summed E-state index contributed by atoms with van der Waals surface area (Å²) >= 11 is 0. The average Bonchev–Trinajstić information content (AvgIpc) is 2.31. The predicted molar refractivity (Wildman–Crippen MR) is 64.0 cm³/mol. The largest absolute Gasteiger partial charge is 0.356 e. The summed E-state index contributed by atoms with van der Waals surface area (Å²) in [4.78, 5) is 13.5. The van der Waals surface area contributed by atoms with Crippen molar-refractivity contribution < 1.29 is 17.8 Å². The smallest absolute Gasteiger partial charge is 0.248 e. The zero-order valence-corrected chi connectivity index (χ0v) is 10.1. The van der Waals surface area contributed by atoms with Crippen molar-refractivity contribution in [1.29, 1.82) is 0 Å². The quantitative estimate of drug-likeness (QED) is 0.762. The van der Waals surface area contributed by atoms with Gasteiger partial charge in [0.15, 0.2) is 5.82 Å². The second kappa shape index (κ2) is 4.01. The van der Waals surface area contributed by atoms with Gasteiger partial charge in [0.05, 0.1) is 11.4 Å². The highest BCUT2D eigenvalue weighted by Gasteiger charge is 2.38. The van der Waals surface area contributed by atoms with Gasteiger partial charge in [0, 0.05) is 29.2 Å². The van der Waals surface area contributed by atoms with Crippen molar-refractivity contribution in [3.8, 4) is 0 Å². The lowest BCUT2D eigenvalue weighted by molar-refractivity contribution is -0.117. The molecule has 0 aromatic heterocycles. The monoisotopic (exact) mass is 272 g/mol. The lowest BCUT2D eigenvalue weighted by Gasteiger charge is -2.40. The summed E-state index contributed by atoms with van der Waals surface area (Å²) in [6.07, 6.45) is 0. The van der Waals surface area contributed by atoms with Gasteiger partial charge < -0.3 is 10.2 Å². The van der Waals surface area contributed by atoms with Crippen molar-refractivity contribution in [2.45, 2.75) is 6.04 Å². The van der Waals surface area contributed by atoms with Crippen LogP contribution < -0.4 is 10.2 Å².